The molecule has 2 aromatic heterocycles. The van der Waals surface area contributed by atoms with Gasteiger partial charge in [-0.15, -0.1) is 5.10 Å². The Morgan fingerprint density at radius 1 is 0.912 bits per heavy atom. The molecule has 5 rings (SSSR count). The summed E-state index contributed by atoms with van der Waals surface area (Å²) in [4.78, 5) is 13.2. The summed E-state index contributed by atoms with van der Waals surface area (Å²) in [6.07, 6.45) is 1.60. The molecule has 0 fully saturated rings. The third kappa shape index (κ3) is 4.52. The van der Waals surface area contributed by atoms with Crippen LogP contribution in [0.15, 0.2) is 94.9 Å². The second-order valence-corrected chi connectivity index (χ2v) is 7.99. The predicted molar refractivity (Wildman–Crippen MR) is 130 cm³/mol. The van der Waals surface area contributed by atoms with E-state index in [9.17, 15) is 9.18 Å². The quantitative estimate of drug-likeness (QED) is 0.370. The lowest BCUT2D eigenvalue weighted by molar-refractivity contribution is 0.628. The molecular weight excluding hydrogens is 453 g/mol. The number of para-hydroxylation sites is 2. The summed E-state index contributed by atoms with van der Waals surface area (Å²) < 4.78 is 16.3. The number of rotatable bonds is 6. The van der Waals surface area contributed by atoms with Gasteiger partial charge in [0.05, 0.1) is 21.9 Å². The summed E-state index contributed by atoms with van der Waals surface area (Å²) in [5, 5.41) is 21.4. The zero-order chi connectivity index (χ0) is 23.3. The highest BCUT2D eigenvalue weighted by Crippen LogP contribution is 2.18. The van der Waals surface area contributed by atoms with Crippen molar-refractivity contribution in [2.75, 3.05) is 5.32 Å². The molecule has 8 nitrogen and oxygen atoms in total. The Labute approximate surface area is 197 Å². The number of nitrogens with zero attached hydrogens (tertiary/aromatic N) is 5. The summed E-state index contributed by atoms with van der Waals surface area (Å²) in [7, 11) is 0. The van der Waals surface area contributed by atoms with Gasteiger partial charge in [0, 0.05) is 17.3 Å². The first-order chi connectivity index (χ1) is 16.7. The van der Waals surface area contributed by atoms with Crippen molar-refractivity contribution in [3.63, 3.8) is 0 Å². The first kappa shape index (κ1) is 21.4. The topological polar surface area (TPSA) is 93.4 Å². The molecule has 5 aromatic rings. The molecule has 0 aliphatic carbocycles. The molecule has 3 aromatic carbocycles. The maximum Gasteiger partial charge on any atom is 0.280 e. The summed E-state index contributed by atoms with van der Waals surface area (Å²) in [5.41, 5.74) is 1.93. The van der Waals surface area contributed by atoms with E-state index in [-0.39, 0.29) is 11.4 Å². The average molecular weight is 472 g/mol. The van der Waals surface area contributed by atoms with Crippen molar-refractivity contribution >= 4 is 29.1 Å². The molecular formula is C24H18FN7OS. The number of anilines is 1. The lowest BCUT2D eigenvalue weighted by Gasteiger charge is -2.01. The van der Waals surface area contributed by atoms with Gasteiger partial charge in [-0.2, -0.15) is 4.68 Å². The fourth-order valence-electron chi connectivity index (χ4n) is 3.25. The van der Waals surface area contributed by atoms with Crippen LogP contribution in [0.1, 0.15) is 0 Å². The van der Waals surface area contributed by atoms with Gasteiger partial charge in [-0.1, -0.05) is 48.2 Å². The minimum Gasteiger partial charge on any atom is -0.361 e. The van der Waals surface area contributed by atoms with Gasteiger partial charge in [0.2, 0.25) is 5.16 Å². The smallest absolute Gasteiger partial charge is 0.280 e. The Hall–Kier alpha value is -4.44. The van der Waals surface area contributed by atoms with Crippen molar-refractivity contribution in [1.82, 2.24) is 30.0 Å². The highest BCUT2D eigenvalue weighted by atomic mass is 32.2. The predicted octanol–water partition coefficient (Wildman–Crippen LogP) is 2.66. The third-order valence-electron chi connectivity index (χ3n) is 4.92. The molecule has 0 spiro atoms. The molecule has 2 N–H and O–H groups in total. The van der Waals surface area contributed by atoms with Crippen LogP contribution in [0.25, 0.3) is 23.0 Å². The van der Waals surface area contributed by atoms with Crippen LogP contribution in [-0.2, 0) is 0 Å². The van der Waals surface area contributed by atoms with Crippen molar-refractivity contribution < 1.29 is 4.39 Å². The van der Waals surface area contributed by atoms with Gasteiger partial charge in [0.15, 0.2) is 0 Å². The molecule has 10 heteroatoms. The third-order valence-corrected chi connectivity index (χ3v) is 5.74. The van der Waals surface area contributed by atoms with Gasteiger partial charge in [-0.05, 0) is 59.0 Å². The number of H-pyrrole nitrogens is 1. The lowest BCUT2D eigenvalue weighted by Crippen LogP contribution is -2.35. The van der Waals surface area contributed by atoms with Crippen molar-refractivity contribution in [1.29, 1.82) is 0 Å². The first-order valence-corrected chi connectivity index (χ1v) is 11.2. The van der Waals surface area contributed by atoms with E-state index in [0.29, 0.717) is 27.1 Å². The van der Waals surface area contributed by atoms with Crippen LogP contribution in [0.4, 0.5) is 10.1 Å². The molecule has 0 saturated carbocycles. The number of nitrogens with one attached hydrogen (secondary N) is 2. The van der Waals surface area contributed by atoms with Crippen molar-refractivity contribution in [2.45, 2.75) is 5.16 Å². The van der Waals surface area contributed by atoms with E-state index in [1.54, 1.807) is 28.4 Å². The monoisotopic (exact) mass is 471 g/mol. The van der Waals surface area contributed by atoms with E-state index in [1.165, 1.54) is 28.6 Å². The first-order valence-electron chi connectivity index (χ1n) is 10.3. The molecule has 0 atom stereocenters. The Morgan fingerprint density at radius 3 is 2.29 bits per heavy atom. The zero-order valence-electron chi connectivity index (χ0n) is 17.7. The number of benzene rings is 3. The summed E-state index contributed by atoms with van der Waals surface area (Å²) in [6, 6.07) is 24.7. The number of thioether (sulfide) groups is 1. The fourth-order valence-corrected chi connectivity index (χ4v) is 3.98. The second kappa shape index (κ2) is 9.59. The molecule has 0 aliphatic heterocycles. The van der Waals surface area contributed by atoms with Gasteiger partial charge in [0.25, 0.3) is 5.56 Å². The maximum atomic E-state index is 13.2. The largest absolute Gasteiger partial charge is 0.361 e. The summed E-state index contributed by atoms with van der Waals surface area (Å²) in [6.45, 7) is 0. The molecule has 168 valence electrons. The van der Waals surface area contributed by atoms with Crippen LogP contribution >= 0.6 is 11.8 Å². The molecule has 0 unspecified atom stereocenters. The Bertz CT molecular complexity index is 1580. The van der Waals surface area contributed by atoms with E-state index in [4.69, 9.17) is 0 Å². The number of hydrogen-bond acceptors (Lipinski definition) is 6. The van der Waals surface area contributed by atoms with Crippen molar-refractivity contribution in [2.24, 2.45) is 0 Å². The highest BCUT2D eigenvalue weighted by molar-refractivity contribution is 8.06. The van der Waals surface area contributed by atoms with Gasteiger partial charge < -0.3 is 5.32 Å². The number of aromatic nitrogens is 6. The molecule has 0 saturated heterocycles. The Kier molecular flexibility index (Phi) is 6.04. The minimum atomic E-state index is -0.333. The number of aromatic amines is 1. The van der Waals surface area contributed by atoms with Gasteiger partial charge in [-0.25, -0.2) is 9.07 Å². The van der Waals surface area contributed by atoms with E-state index < -0.39 is 0 Å². The average Bonchev–Trinajstić information content (AvgIpc) is 3.48. The zero-order valence-corrected chi connectivity index (χ0v) is 18.5. The van der Waals surface area contributed by atoms with Gasteiger partial charge in [-0.3, -0.25) is 9.89 Å². The Balaban J connectivity index is 1.57. The van der Waals surface area contributed by atoms with Crippen LogP contribution in [0, 0.1) is 5.82 Å². The standard InChI is InChI=1S/C24H18FN7OS/c25-17-11-13-18(14-12-17)26-15-21-22(28-31(23(21)33)19-7-3-1-4-8-19)16-34-24-27-29-30-32(24)20-9-5-2-6-10-20/h1-16,26,28H/b21-15?,22-16-. The van der Waals surface area contributed by atoms with Crippen molar-refractivity contribution in [3.05, 3.63) is 112 Å². The second-order valence-electron chi connectivity index (χ2n) is 7.16. The van der Waals surface area contributed by atoms with Crippen LogP contribution in [0.3, 0.4) is 0 Å². The molecule has 0 radical (unpaired) electrons. The number of halogens is 1. The lowest BCUT2D eigenvalue weighted by atomic mass is 10.3. The van der Waals surface area contributed by atoms with Crippen LogP contribution in [0.2, 0.25) is 0 Å². The van der Waals surface area contributed by atoms with Gasteiger partial charge >= 0.3 is 0 Å². The maximum absolute atomic E-state index is 13.2. The summed E-state index contributed by atoms with van der Waals surface area (Å²) >= 11 is 1.28. The molecule has 2 heterocycles. The molecule has 0 bridgehead atoms. The minimum absolute atomic E-state index is 0.240. The van der Waals surface area contributed by atoms with E-state index in [0.717, 1.165) is 5.69 Å². The molecule has 34 heavy (non-hydrogen) atoms. The van der Waals surface area contributed by atoms with Crippen molar-refractivity contribution in [3.8, 4) is 11.4 Å². The number of tetrazole rings is 1. The van der Waals surface area contributed by atoms with Crippen LogP contribution < -0.4 is 21.4 Å². The van der Waals surface area contributed by atoms with Crippen LogP contribution in [-0.4, -0.2) is 30.0 Å². The van der Waals surface area contributed by atoms with E-state index in [1.807, 2.05) is 60.7 Å². The normalized spacial score (nSPS) is 12.3. The van der Waals surface area contributed by atoms with Gasteiger partial charge in [0.1, 0.15) is 5.82 Å². The highest BCUT2D eigenvalue weighted by Gasteiger charge is 2.09. The Morgan fingerprint density at radius 2 is 1.59 bits per heavy atom. The van der Waals surface area contributed by atoms with E-state index in [2.05, 4.69) is 25.9 Å². The fraction of sp³-hybridized carbons (Fsp3) is 0. The van der Waals surface area contributed by atoms with E-state index >= 15 is 0 Å². The number of hydrogen-bond donors (Lipinski definition) is 2. The molecule has 0 amide bonds. The molecule has 0 aliphatic rings. The SMILES string of the molecule is O=c1c(=CNc2ccc(F)cc2)/c(=C/Sc2nnnn2-c2ccccc2)[nH]n1-c1ccccc1. The van der Waals surface area contributed by atoms with Crippen LogP contribution in [0.5, 0.6) is 0 Å². The summed E-state index contributed by atoms with van der Waals surface area (Å²) in [5.74, 6) is -0.333.